The van der Waals surface area contributed by atoms with E-state index in [-0.39, 0.29) is 0 Å². The first kappa shape index (κ1) is 25.6. The van der Waals surface area contributed by atoms with Crippen LogP contribution in [0.25, 0.3) is 22.3 Å². The van der Waals surface area contributed by atoms with Gasteiger partial charge >= 0.3 is 0 Å². The van der Waals surface area contributed by atoms with E-state index in [1.807, 2.05) is 22.7 Å². The van der Waals surface area contributed by atoms with Gasteiger partial charge < -0.3 is 0 Å². The zero-order chi connectivity index (χ0) is 25.9. The van der Waals surface area contributed by atoms with Gasteiger partial charge in [0.15, 0.2) is 0 Å². The summed E-state index contributed by atoms with van der Waals surface area (Å²) in [5.41, 5.74) is 14.6. The van der Waals surface area contributed by atoms with Crippen LogP contribution in [0.2, 0.25) is 0 Å². The van der Waals surface area contributed by atoms with Crippen molar-refractivity contribution < 1.29 is 0 Å². The molecule has 2 heterocycles. The average molecular weight is 535 g/mol. The first-order valence-electron chi connectivity index (χ1n) is 14.6. The SMILES string of the molecule is CCCCCCc1ccsc1C1=C2C(=C(c3sccc3CCCCCC)c3ccccc32)c2ccccc21. The highest BCUT2D eigenvalue weighted by molar-refractivity contribution is 7.12. The first-order chi connectivity index (χ1) is 18.8. The van der Waals surface area contributed by atoms with Gasteiger partial charge in [-0.05, 0) is 82.0 Å². The smallest absolute Gasteiger partial charge is 0.0387 e. The summed E-state index contributed by atoms with van der Waals surface area (Å²) in [6.45, 7) is 4.59. The molecule has 2 aliphatic carbocycles. The van der Waals surface area contributed by atoms with Crippen LogP contribution in [0.15, 0.2) is 71.4 Å². The van der Waals surface area contributed by atoms with Crippen molar-refractivity contribution in [2.75, 3.05) is 0 Å². The van der Waals surface area contributed by atoms with Crippen LogP contribution < -0.4 is 0 Å². The molecular formula is C36H38S2. The van der Waals surface area contributed by atoms with Crippen LogP contribution >= 0.6 is 22.7 Å². The molecule has 0 nitrogen and oxygen atoms in total. The van der Waals surface area contributed by atoms with E-state index in [0.717, 1.165) is 0 Å². The Labute approximate surface area is 236 Å². The van der Waals surface area contributed by atoms with Gasteiger partial charge in [0, 0.05) is 32.0 Å². The first-order valence-corrected chi connectivity index (χ1v) is 16.4. The third kappa shape index (κ3) is 4.56. The highest BCUT2D eigenvalue weighted by Gasteiger charge is 2.38. The highest BCUT2D eigenvalue weighted by Crippen LogP contribution is 2.59. The maximum absolute atomic E-state index is 2.39. The minimum Gasteiger partial charge on any atom is -0.143 e. The second kappa shape index (κ2) is 11.6. The minimum absolute atomic E-state index is 1.18. The second-order valence-corrected chi connectivity index (χ2v) is 12.6. The van der Waals surface area contributed by atoms with Crippen LogP contribution in [-0.4, -0.2) is 0 Å². The Morgan fingerprint density at radius 2 is 0.842 bits per heavy atom. The van der Waals surface area contributed by atoms with Crippen LogP contribution in [0.4, 0.5) is 0 Å². The molecule has 2 aliphatic rings. The molecule has 2 heteroatoms. The Morgan fingerprint density at radius 1 is 0.447 bits per heavy atom. The van der Waals surface area contributed by atoms with Gasteiger partial charge in [-0.25, -0.2) is 0 Å². The van der Waals surface area contributed by atoms with Crippen LogP contribution in [0.3, 0.4) is 0 Å². The molecule has 0 unspecified atom stereocenters. The maximum Gasteiger partial charge on any atom is 0.0387 e. The number of allylic oxidation sites excluding steroid dienone is 2. The largest absolute Gasteiger partial charge is 0.143 e. The maximum atomic E-state index is 2.39. The number of rotatable bonds is 12. The van der Waals surface area contributed by atoms with E-state index in [0.29, 0.717) is 0 Å². The highest BCUT2D eigenvalue weighted by atomic mass is 32.1. The van der Waals surface area contributed by atoms with Gasteiger partial charge in [-0.15, -0.1) is 22.7 Å². The molecule has 2 aromatic heterocycles. The molecule has 0 amide bonds. The molecule has 0 bridgehead atoms. The summed E-state index contributed by atoms with van der Waals surface area (Å²) < 4.78 is 0. The number of fused-ring (bicyclic) bond motifs is 5. The van der Waals surface area contributed by atoms with Crippen LogP contribution in [0.1, 0.15) is 108 Å². The quantitative estimate of drug-likeness (QED) is 0.159. The third-order valence-electron chi connectivity index (χ3n) is 8.23. The lowest BCUT2D eigenvalue weighted by molar-refractivity contribution is 0.667. The van der Waals surface area contributed by atoms with E-state index in [9.17, 15) is 0 Å². The number of benzene rings is 2. The number of aryl methyl sites for hydroxylation is 2. The number of hydrogen-bond donors (Lipinski definition) is 0. The standard InChI is InChI=1S/C36H38S2/c1-3-5-7-9-15-25-21-23-37-35(25)33-29-19-13-11-17-27(29)32-31(33)28-18-12-14-20-30(28)34(32)36-26(22-24-38-36)16-10-8-6-4-2/h11-14,17-24H,3-10,15-16H2,1-2H3. The summed E-state index contributed by atoms with van der Waals surface area (Å²) >= 11 is 3.87. The number of unbranched alkanes of at least 4 members (excludes halogenated alkanes) is 6. The van der Waals surface area contributed by atoms with E-state index in [4.69, 9.17) is 0 Å². The van der Waals surface area contributed by atoms with Crippen molar-refractivity contribution in [1.82, 2.24) is 0 Å². The van der Waals surface area contributed by atoms with Crippen molar-refractivity contribution in [2.24, 2.45) is 0 Å². The monoisotopic (exact) mass is 534 g/mol. The summed E-state index contributed by atoms with van der Waals surface area (Å²) in [7, 11) is 0. The fourth-order valence-corrected chi connectivity index (χ4v) is 8.40. The van der Waals surface area contributed by atoms with Gasteiger partial charge in [-0.1, -0.05) is 101 Å². The van der Waals surface area contributed by atoms with Crippen molar-refractivity contribution in [3.8, 4) is 0 Å². The molecule has 0 radical (unpaired) electrons. The van der Waals surface area contributed by atoms with E-state index in [2.05, 4.69) is 85.3 Å². The molecule has 0 saturated heterocycles. The summed E-state index contributed by atoms with van der Waals surface area (Å²) in [6.07, 6.45) is 12.8. The van der Waals surface area contributed by atoms with Crippen molar-refractivity contribution >= 4 is 45.0 Å². The van der Waals surface area contributed by atoms with E-state index >= 15 is 0 Å². The van der Waals surface area contributed by atoms with Gasteiger partial charge in [-0.3, -0.25) is 0 Å². The fourth-order valence-electron chi connectivity index (χ4n) is 6.36. The van der Waals surface area contributed by atoms with Crippen molar-refractivity contribution in [1.29, 1.82) is 0 Å². The van der Waals surface area contributed by atoms with Crippen molar-refractivity contribution in [3.05, 3.63) is 115 Å². The van der Waals surface area contributed by atoms with Gasteiger partial charge in [0.05, 0.1) is 0 Å². The molecule has 0 N–H and O–H groups in total. The zero-order valence-corrected chi connectivity index (χ0v) is 24.4. The lowest BCUT2D eigenvalue weighted by atomic mass is 9.93. The van der Waals surface area contributed by atoms with Gasteiger partial charge in [0.25, 0.3) is 0 Å². The van der Waals surface area contributed by atoms with Gasteiger partial charge in [-0.2, -0.15) is 0 Å². The van der Waals surface area contributed by atoms with Gasteiger partial charge in [0.1, 0.15) is 0 Å². The molecule has 0 aliphatic heterocycles. The predicted octanol–water partition coefficient (Wildman–Crippen LogP) is 11.3. The Hall–Kier alpha value is -2.68. The lowest BCUT2D eigenvalue weighted by Crippen LogP contribution is -1.94. The molecule has 6 rings (SSSR count). The lowest BCUT2D eigenvalue weighted by Gasteiger charge is -2.12. The summed E-state index contributed by atoms with van der Waals surface area (Å²) in [5, 5.41) is 4.63. The Kier molecular flexibility index (Phi) is 7.81. The molecule has 0 saturated carbocycles. The van der Waals surface area contributed by atoms with Crippen LogP contribution in [0.5, 0.6) is 0 Å². The van der Waals surface area contributed by atoms with Crippen LogP contribution in [0, 0.1) is 0 Å². The molecule has 4 aromatic rings. The molecule has 0 spiro atoms. The number of hydrogen-bond acceptors (Lipinski definition) is 2. The van der Waals surface area contributed by atoms with Crippen molar-refractivity contribution in [2.45, 2.75) is 78.1 Å². The molecule has 0 atom stereocenters. The normalized spacial score (nSPS) is 13.8. The Balaban J connectivity index is 1.51. The third-order valence-corrected chi connectivity index (χ3v) is 10.2. The topological polar surface area (TPSA) is 0 Å². The van der Waals surface area contributed by atoms with E-state index in [1.54, 1.807) is 0 Å². The fraction of sp³-hybridized carbons (Fsp3) is 0.333. The predicted molar refractivity (Wildman–Crippen MR) is 169 cm³/mol. The molecule has 38 heavy (non-hydrogen) atoms. The van der Waals surface area contributed by atoms with Crippen LogP contribution in [-0.2, 0) is 12.8 Å². The Bertz CT molecular complexity index is 1380. The van der Waals surface area contributed by atoms with Crippen molar-refractivity contribution in [3.63, 3.8) is 0 Å². The van der Waals surface area contributed by atoms with E-state index < -0.39 is 0 Å². The summed E-state index contributed by atoms with van der Waals surface area (Å²) in [5.74, 6) is 0. The summed E-state index contributed by atoms with van der Waals surface area (Å²) in [4.78, 5) is 2.97. The average Bonchev–Trinajstić information content (AvgIpc) is 3.72. The molecular weight excluding hydrogens is 497 g/mol. The zero-order valence-electron chi connectivity index (χ0n) is 22.8. The molecule has 0 fully saturated rings. The second-order valence-electron chi connectivity index (χ2n) is 10.8. The van der Waals surface area contributed by atoms with Gasteiger partial charge in [0.2, 0.25) is 0 Å². The number of thiophene rings is 2. The van der Waals surface area contributed by atoms with E-state index in [1.165, 1.54) is 130 Å². The summed E-state index contributed by atoms with van der Waals surface area (Å²) in [6, 6.07) is 23.2. The Morgan fingerprint density at radius 3 is 1.24 bits per heavy atom. The molecule has 2 aromatic carbocycles. The minimum atomic E-state index is 1.18. The molecule has 194 valence electrons.